The smallest absolute Gasteiger partial charge is 0.378 e. The van der Waals surface area contributed by atoms with Crippen molar-refractivity contribution in [2.24, 2.45) is 0 Å². The third-order valence-corrected chi connectivity index (χ3v) is 2.93. The van der Waals surface area contributed by atoms with Gasteiger partial charge in [0.15, 0.2) is 0 Å². The van der Waals surface area contributed by atoms with Gasteiger partial charge in [0.1, 0.15) is 0 Å². The minimum atomic E-state index is -4.15. The van der Waals surface area contributed by atoms with Crippen LogP contribution in [0, 0.1) is 0 Å². The van der Waals surface area contributed by atoms with Crippen molar-refractivity contribution in [1.82, 2.24) is 10.6 Å². The van der Waals surface area contributed by atoms with E-state index in [0.29, 0.717) is 6.61 Å². The quantitative estimate of drug-likeness (QED) is 0.697. The zero-order chi connectivity index (χ0) is 14.1. The third-order valence-electron chi connectivity index (χ3n) is 2.93. The molecule has 0 aromatic rings. The summed E-state index contributed by atoms with van der Waals surface area (Å²) in [6.07, 6.45) is -2.82. The molecule has 1 fully saturated rings. The number of alkyl halides is 3. The second-order valence-corrected chi connectivity index (χ2v) is 4.64. The number of halogens is 3. The Labute approximate surface area is 111 Å². The molecule has 0 aliphatic carbocycles. The van der Waals surface area contributed by atoms with Crippen LogP contribution in [-0.4, -0.2) is 44.4 Å². The van der Waals surface area contributed by atoms with E-state index in [4.69, 9.17) is 4.74 Å². The maximum absolute atomic E-state index is 11.9. The first-order valence-corrected chi connectivity index (χ1v) is 6.63. The Kier molecular flexibility index (Phi) is 7.15. The highest BCUT2D eigenvalue weighted by Gasteiger charge is 2.25. The fraction of sp³-hybridized carbons (Fsp3) is 0.917. The number of piperidine rings is 1. The molecule has 1 saturated heterocycles. The maximum Gasteiger partial charge on any atom is 0.389 e. The minimum Gasteiger partial charge on any atom is -0.378 e. The second kappa shape index (κ2) is 8.37. The van der Waals surface area contributed by atoms with Gasteiger partial charge < -0.3 is 15.4 Å². The Morgan fingerprint density at radius 3 is 2.63 bits per heavy atom. The van der Waals surface area contributed by atoms with E-state index < -0.39 is 12.6 Å². The number of carbonyl (C=O) groups is 1. The van der Waals surface area contributed by atoms with Crippen LogP contribution in [0.2, 0.25) is 0 Å². The van der Waals surface area contributed by atoms with Gasteiger partial charge in [-0.1, -0.05) is 0 Å². The number of amides is 1. The number of carbonyl (C=O) groups excluding carboxylic acids is 1. The number of nitrogens with one attached hydrogen (secondary N) is 2. The first-order chi connectivity index (χ1) is 8.97. The molecule has 1 amide bonds. The van der Waals surface area contributed by atoms with E-state index in [1.165, 1.54) is 0 Å². The fourth-order valence-corrected chi connectivity index (χ4v) is 1.89. The summed E-state index contributed by atoms with van der Waals surface area (Å²) in [7, 11) is 0. The van der Waals surface area contributed by atoms with E-state index in [1.807, 2.05) is 0 Å². The molecule has 7 heteroatoms. The van der Waals surface area contributed by atoms with Gasteiger partial charge in [0.25, 0.3) is 0 Å². The molecule has 1 aliphatic heterocycles. The molecule has 1 rings (SSSR count). The Balaban J connectivity index is 1.95. The van der Waals surface area contributed by atoms with Crippen LogP contribution in [0.4, 0.5) is 13.2 Å². The maximum atomic E-state index is 11.9. The predicted molar refractivity (Wildman–Crippen MR) is 64.8 cm³/mol. The van der Waals surface area contributed by atoms with Gasteiger partial charge in [0, 0.05) is 19.4 Å². The van der Waals surface area contributed by atoms with E-state index >= 15 is 0 Å². The van der Waals surface area contributed by atoms with E-state index in [1.54, 1.807) is 0 Å². The Hall–Kier alpha value is -0.820. The van der Waals surface area contributed by atoms with Gasteiger partial charge in [0.2, 0.25) is 5.91 Å². The highest BCUT2D eigenvalue weighted by atomic mass is 19.4. The van der Waals surface area contributed by atoms with Crippen molar-refractivity contribution >= 4 is 5.91 Å². The monoisotopic (exact) mass is 282 g/mol. The van der Waals surface area contributed by atoms with Crippen LogP contribution in [0.15, 0.2) is 0 Å². The standard InChI is InChI=1S/C12H21F3N2O2/c13-12(14,15)5-1-6-17-11(18)4-9-19-10-2-7-16-8-3-10/h10,16H,1-9H2,(H,17,18). The molecule has 0 spiro atoms. The van der Waals surface area contributed by atoms with Crippen molar-refractivity contribution in [3.8, 4) is 0 Å². The molecule has 4 nitrogen and oxygen atoms in total. The summed E-state index contributed by atoms with van der Waals surface area (Å²) in [4.78, 5) is 11.3. The van der Waals surface area contributed by atoms with Crippen LogP contribution in [0.1, 0.15) is 32.1 Å². The molecular formula is C12H21F3N2O2. The van der Waals surface area contributed by atoms with E-state index in [0.717, 1.165) is 25.9 Å². The van der Waals surface area contributed by atoms with Crippen molar-refractivity contribution in [3.05, 3.63) is 0 Å². The van der Waals surface area contributed by atoms with Crippen LogP contribution in [0.3, 0.4) is 0 Å². The van der Waals surface area contributed by atoms with Crippen molar-refractivity contribution in [2.45, 2.75) is 44.4 Å². The Morgan fingerprint density at radius 1 is 1.32 bits per heavy atom. The summed E-state index contributed by atoms with van der Waals surface area (Å²) in [5, 5.41) is 5.67. The number of hydrogen-bond acceptors (Lipinski definition) is 3. The Morgan fingerprint density at radius 2 is 2.00 bits per heavy atom. The summed E-state index contributed by atoms with van der Waals surface area (Å²) in [5.74, 6) is -0.254. The van der Waals surface area contributed by atoms with Crippen molar-refractivity contribution in [3.63, 3.8) is 0 Å². The van der Waals surface area contributed by atoms with Crippen molar-refractivity contribution < 1.29 is 22.7 Å². The summed E-state index contributed by atoms with van der Waals surface area (Å²) < 4.78 is 41.1. The zero-order valence-electron chi connectivity index (χ0n) is 10.9. The van der Waals surface area contributed by atoms with E-state index in [-0.39, 0.29) is 31.4 Å². The predicted octanol–water partition coefficient (Wildman–Crippen LogP) is 1.60. The van der Waals surface area contributed by atoms with Crippen LogP contribution < -0.4 is 10.6 Å². The topological polar surface area (TPSA) is 50.4 Å². The molecule has 0 bridgehead atoms. The highest BCUT2D eigenvalue weighted by molar-refractivity contribution is 5.75. The second-order valence-electron chi connectivity index (χ2n) is 4.64. The van der Waals surface area contributed by atoms with E-state index in [9.17, 15) is 18.0 Å². The van der Waals surface area contributed by atoms with Crippen molar-refractivity contribution in [1.29, 1.82) is 0 Å². The third kappa shape index (κ3) is 8.83. The number of ether oxygens (including phenoxy) is 1. The molecule has 0 saturated carbocycles. The van der Waals surface area contributed by atoms with Gasteiger partial charge in [-0.2, -0.15) is 13.2 Å². The van der Waals surface area contributed by atoms with Gasteiger partial charge in [-0.25, -0.2) is 0 Å². The first kappa shape index (κ1) is 16.2. The summed E-state index contributed by atoms with van der Waals surface area (Å²) in [6.45, 7) is 2.24. The molecule has 1 aliphatic rings. The highest BCUT2D eigenvalue weighted by Crippen LogP contribution is 2.20. The average Bonchev–Trinajstić information content (AvgIpc) is 2.35. The molecule has 112 valence electrons. The molecule has 1 heterocycles. The minimum absolute atomic E-state index is 0.0612. The lowest BCUT2D eigenvalue weighted by Crippen LogP contribution is -2.33. The number of rotatable bonds is 7. The molecule has 0 atom stereocenters. The lowest BCUT2D eigenvalue weighted by molar-refractivity contribution is -0.136. The van der Waals surface area contributed by atoms with Gasteiger partial charge >= 0.3 is 6.18 Å². The zero-order valence-corrected chi connectivity index (χ0v) is 10.9. The molecule has 0 radical (unpaired) electrons. The van der Waals surface area contributed by atoms with Gasteiger partial charge in [0.05, 0.1) is 12.7 Å². The molecule has 0 aromatic heterocycles. The van der Waals surface area contributed by atoms with Gasteiger partial charge in [-0.05, 0) is 32.4 Å². The molecular weight excluding hydrogens is 261 g/mol. The fourth-order valence-electron chi connectivity index (χ4n) is 1.89. The lowest BCUT2D eigenvalue weighted by atomic mass is 10.1. The van der Waals surface area contributed by atoms with Gasteiger partial charge in [-0.15, -0.1) is 0 Å². The van der Waals surface area contributed by atoms with Gasteiger partial charge in [-0.3, -0.25) is 4.79 Å². The average molecular weight is 282 g/mol. The van der Waals surface area contributed by atoms with E-state index in [2.05, 4.69) is 10.6 Å². The first-order valence-electron chi connectivity index (χ1n) is 6.63. The van der Waals surface area contributed by atoms with Crippen LogP contribution >= 0.6 is 0 Å². The Bertz CT molecular complexity index is 266. The van der Waals surface area contributed by atoms with Crippen LogP contribution in [0.25, 0.3) is 0 Å². The largest absolute Gasteiger partial charge is 0.389 e. The SMILES string of the molecule is O=C(CCOC1CCNCC1)NCCCC(F)(F)F. The van der Waals surface area contributed by atoms with Crippen LogP contribution in [0.5, 0.6) is 0 Å². The summed E-state index contributed by atoms with van der Waals surface area (Å²) in [5.41, 5.74) is 0. The molecule has 0 aromatic carbocycles. The van der Waals surface area contributed by atoms with Crippen LogP contribution in [-0.2, 0) is 9.53 Å². The summed E-state index contributed by atoms with van der Waals surface area (Å²) >= 11 is 0. The van der Waals surface area contributed by atoms with Crippen molar-refractivity contribution in [2.75, 3.05) is 26.2 Å². The number of hydrogen-bond donors (Lipinski definition) is 2. The molecule has 19 heavy (non-hydrogen) atoms. The summed E-state index contributed by atoms with van der Waals surface area (Å²) in [6, 6.07) is 0. The lowest BCUT2D eigenvalue weighted by Gasteiger charge is -2.22. The normalized spacial score (nSPS) is 17.4. The molecule has 0 unspecified atom stereocenters. The molecule has 2 N–H and O–H groups in total.